The molecule has 4 rings (SSSR count). The molecule has 1 saturated carbocycles. The second-order valence-electron chi connectivity index (χ2n) is 9.20. The molecule has 0 radical (unpaired) electrons. The third kappa shape index (κ3) is 5.83. The van der Waals surface area contributed by atoms with Gasteiger partial charge in [0.25, 0.3) is 0 Å². The van der Waals surface area contributed by atoms with Crippen LogP contribution in [0, 0.1) is 5.92 Å². The number of nitrogens with zero attached hydrogens (tertiary/aromatic N) is 2. The van der Waals surface area contributed by atoms with Gasteiger partial charge in [-0.15, -0.1) is 0 Å². The summed E-state index contributed by atoms with van der Waals surface area (Å²) in [5, 5.41) is 3.06. The van der Waals surface area contributed by atoms with Crippen LogP contribution in [-0.4, -0.2) is 72.3 Å². The van der Waals surface area contributed by atoms with Gasteiger partial charge < -0.3 is 25.4 Å². The Bertz CT molecular complexity index is 821. The van der Waals surface area contributed by atoms with Gasteiger partial charge in [0, 0.05) is 19.1 Å². The van der Waals surface area contributed by atoms with E-state index in [0.29, 0.717) is 0 Å². The fourth-order valence-corrected chi connectivity index (χ4v) is 4.91. The van der Waals surface area contributed by atoms with Crippen molar-refractivity contribution < 1.29 is 23.9 Å². The molecular formula is C24H34N4O5. The summed E-state index contributed by atoms with van der Waals surface area (Å²) < 4.78 is 10.7. The molecule has 1 unspecified atom stereocenters. The zero-order chi connectivity index (χ0) is 23.2. The molecule has 3 N–H and O–H groups in total. The number of carbonyl (C=O) groups excluding carboxylic acids is 3. The van der Waals surface area contributed by atoms with Crippen LogP contribution in [-0.2, 0) is 25.7 Å². The third-order valence-electron chi connectivity index (χ3n) is 6.95. The minimum Gasteiger partial charge on any atom is -0.444 e. The molecule has 1 aromatic carbocycles. The van der Waals surface area contributed by atoms with E-state index in [2.05, 4.69) is 5.32 Å². The van der Waals surface area contributed by atoms with Crippen molar-refractivity contribution in [2.24, 2.45) is 11.7 Å². The molecule has 9 heteroatoms. The molecule has 3 amide bonds. The second-order valence-corrected chi connectivity index (χ2v) is 9.20. The highest BCUT2D eigenvalue weighted by molar-refractivity contribution is 5.86. The number of amides is 3. The van der Waals surface area contributed by atoms with Crippen LogP contribution >= 0.6 is 0 Å². The Labute approximate surface area is 194 Å². The van der Waals surface area contributed by atoms with Crippen molar-refractivity contribution in [3.8, 4) is 0 Å². The van der Waals surface area contributed by atoms with E-state index in [1.54, 1.807) is 0 Å². The molecule has 180 valence electrons. The van der Waals surface area contributed by atoms with Crippen molar-refractivity contribution in [3.05, 3.63) is 35.9 Å². The van der Waals surface area contributed by atoms with Crippen LogP contribution in [0.4, 0.5) is 4.79 Å². The molecule has 2 heterocycles. The molecule has 2 saturated heterocycles. The summed E-state index contributed by atoms with van der Waals surface area (Å²) in [4.78, 5) is 41.2. The van der Waals surface area contributed by atoms with Crippen LogP contribution in [0.15, 0.2) is 30.3 Å². The zero-order valence-corrected chi connectivity index (χ0v) is 19.0. The predicted octanol–water partition coefficient (Wildman–Crippen LogP) is 1.61. The number of hydrogen-bond donors (Lipinski definition) is 2. The van der Waals surface area contributed by atoms with E-state index in [4.69, 9.17) is 15.2 Å². The Balaban J connectivity index is 1.22. The zero-order valence-electron chi connectivity index (χ0n) is 19.0. The van der Waals surface area contributed by atoms with Gasteiger partial charge in [0.1, 0.15) is 19.4 Å². The summed E-state index contributed by atoms with van der Waals surface area (Å²) in [6.45, 7) is 1.95. The van der Waals surface area contributed by atoms with Crippen LogP contribution in [0.3, 0.4) is 0 Å². The molecule has 9 nitrogen and oxygen atoms in total. The maximum absolute atomic E-state index is 12.9. The van der Waals surface area contributed by atoms with Crippen molar-refractivity contribution >= 4 is 17.9 Å². The number of nitrogens with one attached hydrogen (secondary N) is 1. The lowest BCUT2D eigenvalue weighted by atomic mass is 9.81. The maximum Gasteiger partial charge on any atom is 0.412 e. The highest BCUT2D eigenvalue weighted by Gasteiger charge is 2.38. The fraction of sp³-hybridized carbons (Fsp3) is 0.625. The summed E-state index contributed by atoms with van der Waals surface area (Å²) in [7, 11) is 0. The predicted molar refractivity (Wildman–Crippen MR) is 121 cm³/mol. The number of likely N-dealkylation sites (tertiary alicyclic amines) is 1. The van der Waals surface area contributed by atoms with Crippen LogP contribution < -0.4 is 11.1 Å². The Kier molecular flexibility index (Phi) is 7.82. The highest BCUT2D eigenvalue weighted by atomic mass is 16.6. The number of ether oxygens (including phenoxy) is 2. The number of carbonyl (C=O) groups is 3. The lowest BCUT2D eigenvalue weighted by molar-refractivity contribution is -0.133. The SMILES string of the molecule is N[C@H](C(=O)N1CCCC1)C1CCC(NC(=O)C2COCN2C(=O)OCc2ccccc2)CC1. The average molecular weight is 459 g/mol. The van der Waals surface area contributed by atoms with Gasteiger partial charge in [-0.25, -0.2) is 4.79 Å². The summed E-state index contributed by atoms with van der Waals surface area (Å²) >= 11 is 0. The van der Waals surface area contributed by atoms with Crippen molar-refractivity contribution in [3.63, 3.8) is 0 Å². The molecule has 33 heavy (non-hydrogen) atoms. The second kappa shape index (κ2) is 11.0. The lowest BCUT2D eigenvalue weighted by Gasteiger charge is -2.34. The van der Waals surface area contributed by atoms with Gasteiger partial charge >= 0.3 is 6.09 Å². The van der Waals surface area contributed by atoms with E-state index in [9.17, 15) is 14.4 Å². The number of benzene rings is 1. The first-order valence-electron chi connectivity index (χ1n) is 11.9. The fourth-order valence-electron chi connectivity index (χ4n) is 4.91. The first-order chi connectivity index (χ1) is 16.0. The first kappa shape index (κ1) is 23.5. The lowest BCUT2D eigenvalue weighted by Crippen LogP contribution is -2.52. The van der Waals surface area contributed by atoms with Crippen molar-refractivity contribution in [2.45, 2.75) is 63.3 Å². The topological polar surface area (TPSA) is 114 Å². The standard InChI is InChI=1S/C24H34N4O5/c25-21(23(30)27-12-4-5-13-27)18-8-10-19(11-9-18)26-22(29)20-15-32-16-28(20)24(31)33-14-17-6-2-1-3-7-17/h1-3,6-7,18-21H,4-5,8-16,25H2,(H,26,29)/t18?,19?,20?,21-/m0/s1. The van der Waals surface area contributed by atoms with Gasteiger partial charge in [-0.1, -0.05) is 30.3 Å². The molecule has 3 aliphatic rings. The molecule has 0 spiro atoms. The molecule has 0 bridgehead atoms. The van der Waals surface area contributed by atoms with Gasteiger partial charge in [0.05, 0.1) is 12.6 Å². The Morgan fingerprint density at radius 1 is 1.09 bits per heavy atom. The molecule has 0 aromatic heterocycles. The smallest absolute Gasteiger partial charge is 0.412 e. The van der Waals surface area contributed by atoms with E-state index >= 15 is 0 Å². The minimum absolute atomic E-state index is 0.00521. The normalized spacial score (nSPS) is 26.2. The van der Waals surface area contributed by atoms with Gasteiger partial charge in [-0.3, -0.25) is 14.5 Å². The van der Waals surface area contributed by atoms with E-state index in [1.807, 2.05) is 35.2 Å². The molecule has 3 fully saturated rings. The van der Waals surface area contributed by atoms with Crippen molar-refractivity contribution in [1.82, 2.24) is 15.1 Å². The average Bonchev–Trinajstić information content (AvgIpc) is 3.55. The van der Waals surface area contributed by atoms with E-state index in [1.165, 1.54) is 4.90 Å². The van der Waals surface area contributed by atoms with Crippen LogP contribution in [0.25, 0.3) is 0 Å². The highest BCUT2D eigenvalue weighted by Crippen LogP contribution is 2.28. The third-order valence-corrected chi connectivity index (χ3v) is 6.95. The summed E-state index contributed by atoms with van der Waals surface area (Å²) in [6, 6.07) is 8.24. The maximum atomic E-state index is 12.9. The van der Waals surface area contributed by atoms with Crippen molar-refractivity contribution in [2.75, 3.05) is 26.4 Å². The number of hydrogen-bond acceptors (Lipinski definition) is 6. The monoisotopic (exact) mass is 458 g/mol. The van der Waals surface area contributed by atoms with Crippen LogP contribution in [0.1, 0.15) is 44.1 Å². The van der Waals surface area contributed by atoms with E-state index in [0.717, 1.165) is 57.2 Å². The Morgan fingerprint density at radius 2 is 1.79 bits per heavy atom. The minimum atomic E-state index is -0.704. The largest absolute Gasteiger partial charge is 0.444 e. The van der Waals surface area contributed by atoms with Gasteiger partial charge in [0.15, 0.2) is 0 Å². The van der Waals surface area contributed by atoms with Crippen LogP contribution in [0.5, 0.6) is 0 Å². The molecule has 1 aromatic rings. The van der Waals surface area contributed by atoms with Gasteiger partial charge in [-0.2, -0.15) is 0 Å². The molecular weight excluding hydrogens is 424 g/mol. The number of nitrogens with two attached hydrogens (primary N) is 1. The Morgan fingerprint density at radius 3 is 2.48 bits per heavy atom. The molecule has 2 aliphatic heterocycles. The van der Waals surface area contributed by atoms with Crippen LogP contribution in [0.2, 0.25) is 0 Å². The summed E-state index contributed by atoms with van der Waals surface area (Å²) in [5.41, 5.74) is 7.17. The molecule has 2 atom stereocenters. The Hall–Kier alpha value is -2.65. The summed E-state index contributed by atoms with van der Waals surface area (Å²) in [5.74, 6) is -0.0247. The first-order valence-corrected chi connectivity index (χ1v) is 11.9. The molecule has 1 aliphatic carbocycles. The van der Waals surface area contributed by atoms with Crippen molar-refractivity contribution in [1.29, 1.82) is 0 Å². The van der Waals surface area contributed by atoms with Gasteiger partial charge in [0.2, 0.25) is 11.8 Å². The quantitative estimate of drug-likeness (QED) is 0.669. The van der Waals surface area contributed by atoms with E-state index in [-0.39, 0.29) is 43.7 Å². The summed E-state index contributed by atoms with van der Waals surface area (Å²) in [6.07, 6.45) is 4.68. The number of rotatable bonds is 6. The van der Waals surface area contributed by atoms with Gasteiger partial charge in [-0.05, 0) is 50.0 Å². The van der Waals surface area contributed by atoms with E-state index < -0.39 is 18.2 Å².